The molecule has 1 heterocycles. The van der Waals surface area contributed by atoms with Crippen LogP contribution < -0.4 is 0 Å². The van der Waals surface area contributed by atoms with Gasteiger partial charge in [0.05, 0.1) is 0 Å². The predicted octanol–water partition coefficient (Wildman–Crippen LogP) is 5.33. The average molecular weight is 675 g/mol. The maximum atomic E-state index is 14.2. The summed E-state index contributed by atoms with van der Waals surface area (Å²) in [5.74, 6) is -2.16. The van der Waals surface area contributed by atoms with Crippen molar-refractivity contribution < 1.29 is 29.0 Å². The molecule has 3 aromatic carbocycles. The zero-order valence-corrected chi connectivity index (χ0v) is 26.9. The van der Waals surface area contributed by atoms with Crippen molar-refractivity contribution in [2.24, 2.45) is 0 Å². The first kappa shape index (κ1) is 32.0. The van der Waals surface area contributed by atoms with Gasteiger partial charge in [-0.1, -0.05) is 88.7 Å². The van der Waals surface area contributed by atoms with Crippen molar-refractivity contribution >= 4 is 39.8 Å². The van der Waals surface area contributed by atoms with E-state index in [1.807, 2.05) is 72.8 Å². The van der Waals surface area contributed by atoms with Crippen LogP contribution in [0.5, 0.6) is 0 Å². The van der Waals surface area contributed by atoms with Gasteiger partial charge in [-0.2, -0.15) is 0 Å². The molecule has 3 aromatic rings. The van der Waals surface area contributed by atoms with E-state index in [-0.39, 0.29) is 31.9 Å². The van der Waals surface area contributed by atoms with E-state index in [2.05, 4.69) is 28.1 Å². The lowest BCUT2D eigenvalue weighted by molar-refractivity contribution is -0.150. The molecule has 9 nitrogen and oxygen atoms in total. The fraction of sp³-hybridized carbons (Fsp3) is 0.314. The average Bonchev–Trinajstić information content (AvgIpc) is 3.34. The summed E-state index contributed by atoms with van der Waals surface area (Å²) >= 11 is 3.42. The second kappa shape index (κ2) is 14.1. The first-order valence-electron chi connectivity index (χ1n) is 14.9. The van der Waals surface area contributed by atoms with Crippen molar-refractivity contribution in [1.29, 1.82) is 0 Å². The SMILES string of the molecule is CN(CC(=O)O)C(=O)[C@H](Cc1ccc(Br)cc1)N1CC/C=C\CC(N(C)C(=O)OCC2c3ccccc3-c3ccccc32)C1=O. The maximum Gasteiger partial charge on any atom is 0.410 e. The third kappa shape index (κ3) is 7.12. The van der Waals surface area contributed by atoms with Crippen LogP contribution in [0, 0.1) is 0 Å². The van der Waals surface area contributed by atoms with E-state index in [9.17, 15) is 24.3 Å². The summed E-state index contributed by atoms with van der Waals surface area (Å²) in [4.78, 5) is 56.8. The molecule has 45 heavy (non-hydrogen) atoms. The van der Waals surface area contributed by atoms with Crippen molar-refractivity contribution in [2.75, 3.05) is 33.8 Å². The van der Waals surface area contributed by atoms with Crippen molar-refractivity contribution in [3.05, 3.63) is 106 Å². The molecule has 0 bridgehead atoms. The molecule has 0 saturated carbocycles. The summed E-state index contributed by atoms with van der Waals surface area (Å²) in [7, 11) is 2.96. The molecule has 0 saturated heterocycles. The molecule has 10 heteroatoms. The van der Waals surface area contributed by atoms with E-state index in [0.29, 0.717) is 6.42 Å². The van der Waals surface area contributed by atoms with Crippen LogP contribution in [0.1, 0.15) is 35.4 Å². The van der Waals surface area contributed by atoms with E-state index in [1.54, 1.807) is 0 Å². The van der Waals surface area contributed by atoms with Gasteiger partial charge in [-0.05, 0) is 52.8 Å². The summed E-state index contributed by atoms with van der Waals surface area (Å²) in [6.45, 7) is -0.152. The fourth-order valence-electron chi connectivity index (χ4n) is 6.13. The summed E-state index contributed by atoms with van der Waals surface area (Å²) in [6, 6.07) is 21.7. The third-order valence-corrected chi connectivity index (χ3v) is 9.00. The molecular weight excluding hydrogens is 638 g/mol. The van der Waals surface area contributed by atoms with Gasteiger partial charge < -0.3 is 19.6 Å². The molecule has 1 N–H and O–H groups in total. The Hall–Kier alpha value is -4.44. The Labute approximate surface area is 271 Å². The fourth-order valence-corrected chi connectivity index (χ4v) is 6.39. The number of likely N-dealkylation sites (N-methyl/N-ethyl adjacent to an activating group) is 2. The van der Waals surface area contributed by atoms with Gasteiger partial charge in [0.2, 0.25) is 11.8 Å². The minimum Gasteiger partial charge on any atom is -0.480 e. The predicted molar refractivity (Wildman–Crippen MR) is 174 cm³/mol. The molecule has 1 aliphatic heterocycles. The number of carbonyl (C=O) groups is 4. The molecule has 1 unspecified atom stereocenters. The molecule has 0 aromatic heterocycles. The van der Waals surface area contributed by atoms with Gasteiger partial charge in [-0.3, -0.25) is 19.3 Å². The number of halogens is 1. The van der Waals surface area contributed by atoms with E-state index < -0.39 is 42.5 Å². The molecule has 0 radical (unpaired) electrons. The monoisotopic (exact) mass is 673 g/mol. The number of carbonyl (C=O) groups excluding carboxylic acids is 3. The lowest BCUT2D eigenvalue weighted by Crippen LogP contribution is -2.57. The first-order valence-corrected chi connectivity index (χ1v) is 15.7. The van der Waals surface area contributed by atoms with Gasteiger partial charge in [-0.15, -0.1) is 0 Å². The van der Waals surface area contributed by atoms with Crippen LogP contribution in [0.2, 0.25) is 0 Å². The molecule has 3 amide bonds. The number of aliphatic carboxylic acids is 1. The Morgan fingerprint density at radius 1 is 0.956 bits per heavy atom. The quantitative estimate of drug-likeness (QED) is 0.308. The first-order chi connectivity index (χ1) is 21.7. The summed E-state index contributed by atoms with van der Waals surface area (Å²) in [5, 5.41) is 9.35. The number of ether oxygens (including phenoxy) is 1. The number of nitrogens with zero attached hydrogens (tertiary/aromatic N) is 3. The minimum atomic E-state index is -1.15. The third-order valence-electron chi connectivity index (χ3n) is 8.47. The van der Waals surface area contributed by atoms with Gasteiger partial charge in [0.1, 0.15) is 25.2 Å². The summed E-state index contributed by atoms with van der Waals surface area (Å²) in [6.07, 6.45) is 4.12. The highest BCUT2D eigenvalue weighted by Crippen LogP contribution is 2.44. The van der Waals surface area contributed by atoms with E-state index in [1.165, 1.54) is 23.9 Å². The molecule has 2 aliphatic rings. The largest absolute Gasteiger partial charge is 0.480 e. The Bertz CT molecular complexity index is 1560. The zero-order chi connectivity index (χ0) is 32.1. The van der Waals surface area contributed by atoms with E-state index in [4.69, 9.17) is 4.74 Å². The van der Waals surface area contributed by atoms with Crippen LogP contribution in [0.4, 0.5) is 4.79 Å². The Kier molecular flexibility index (Phi) is 10.0. The number of rotatable bonds is 9. The normalized spacial score (nSPS) is 17.4. The van der Waals surface area contributed by atoms with Crippen LogP contribution in [-0.2, 0) is 25.5 Å². The van der Waals surface area contributed by atoms with Gasteiger partial charge in [0.15, 0.2) is 0 Å². The van der Waals surface area contributed by atoms with Gasteiger partial charge >= 0.3 is 12.1 Å². The zero-order valence-electron chi connectivity index (χ0n) is 25.3. The Balaban J connectivity index is 1.36. The standard InChI is InChI=1S/C35H36BrN3O6/c1-37(21-32(40)41)33(42)31(20-23-15-17-24(36)18-16-23)39-19-9-3-4-14-30(34(39)43)38(2)35(44)45-22-29-27-12-7-5-10-25(27)26-11-6-8-13-28(26)29/h3-8,10-13,15-18,29-31H,9,14,19-22H2,1-2H3,(H,40,41)/b4-3-/t30?,31-/m0/s1. The second-order valence-corrected chi connectivity index (χ2v) is 12.3. The highest BCUT2D eigenvalue weighted by molar-refractivity contribution is 9.10. The number of amides is 3. The molecule has 5 rings (SSSR count). The highest BCUT2D eigenvalue weighted by atomic mass is 79.9. The second-order valence-electron chi connectivity index (χ2n) is 11.4. The molecule has 1 aliphatic carbocycles. The smallest absolute Gasteiger partial charge is 0.410 e. The molecular formula is C35H36BrN3O6. The molecule has 234 valence electrons. The summed E-state index contributed by atoms with van der Waals surface area (Å²) < 4.78 is 6.72. The number of carboxylic acid groups (broad SMARTS) is 1. The Morgan fingerprint density at radius 2 is 1.58 bits per heavy atom. The number of carboxylic acids is 1. The molecule has 2 atom stereocenters. The number of fused-ring (bicyclic) bond motifs is 3. The lowest BCUT2D eigenvalue weighted by atomic mass is 9.98. The Morgan fingerprint density at radius 3 is 2.20 bits per heavy atom. The van der Waals surface area contributed by atoms with Crippen LogP contribution in [0.3, 0.4) is 0 Å². The van der Waals surface area contributed by atoms with Crippen molar-refractivity contribution in [3.8, 4) is 11.1 Å². The number of benzene rings is 3. The van der Waals surface area contributed by atoms with Crippen molar-refractivity contribution in [3.63, 3.8) is 0 Å². The van der Waals surface area contributed by atoms with Crippen LogP contribution in [0.25, 0.3) is 11.1 Å². The van der Waals surface area contributed by atoms with E-state index in [0.717, 1.165) is 37.2 Å². The highest BCUT2D eigenvalue weighted by Gasteiger charge is 2.39. The van der Waals surface area contributed by atoms with E-state index >= 15 is 0 Å². The van der Waals surface area contributed by atoms with Crippen LogP contribution >= 0.6 is 15.9 Å². The number of hydrogen-bond donors (Lipinski definition) is 1. The van der Waals surface area contributed by atoms with Crippen LogP contribution in [-0.4, -0.2) is 89.6 Å². The molecule has 0 spiro atoms. The van der Waals surface area contributed by atoms with Crippen molar-refractivity contribution in [2.45, 2.75) is 37.3 Å². The molecule has 0 fully saturated rings. The van der Waals surface area contributed by atoms with Gasteiger partial charge in [-0.25, -0.2) is 4.79 Å². The topological polar surface area (TPSA) is 107 Å². The maximum absolute atomic E-state index is 14.2. The van der Waals surface area contributed by atoms with Gasteiger partial charge in [0.25, 0.3) is 0 Å². The van der Waals surface area contributed by atoms with Crippen molar-refractivity contribution in [1.82, 2.24) is 14.7 Å². The number of hydrogen-bond acceptors (Lipinski definition) is 5. The summed E-state index contributed by atoms with van der Waals surface area (Å²) in [5.41, 5.74) is 5.22. The minimum absolute atomic E-state index is 0.113. The van der Waals surface area contributed by atoms with Crippen LogP contribution in [0.15, 0.2) is 89.4 Å². The van der Waals surface area contributed by atoms with Gasteiger partial charge in [0, 0.05) is 37.5 Å². The lowest BCUT2D eigenvalue weighted by Gasteiger charge is -2.38.